The van der Waals surface area contributed by atoms with Crippen molar-refractivity contribution in [2.45, 2.75) is 26.4 Å². The van der Waals surface area contributed by atoms with E-state index >= 15 is 0 Å². The first kappa shape index (κ1) is 15.0. The van der Waals surface area contributed by atoms with Gasteiger partial charge in [0.25, 0.3) is 5.91 Å². The van der Waals surface area contributed by atoms with E-state index in [9.17, 15) is 9.90 Å². The van der Waals surface area contributed by atoms with E-state index in [1.807, 2.05) is 13.8 Å². The molecule has 0 saturated heterocycles. The molecule has 4 N–H and O–H groups in total. The van der Waals surface area contributed by atoms with Crippen LogP contribution in [-0.4, -0.2) is 23.7 Å². The number of carbonyl (C=O) groups excluding carboxylic acids is 1. The number of aliphatic hydroxyl groups excluding tert-OH is 1. The molecule has 0 radical (unpaired) electrons. The van der Waals surface area contributed by atoms with Crippen LogP contribution >= 0.6 is 15.9 Å². The molecule has 0 heterocycles. The lowest BCUT2D eigenvalue weighted by Crippen LogP contribution is -2.32. The normalized spacial score (nSPS) is 12.5. The molecule has 5 heteroatoms. The number of amides is 1. The van der Waals surface area contributed by atoms with Gasteiger partial charge >= 0.3 is 0 Å². The molecular formula is C13H19BrN2O2. The van der Waals surface area contributed by atoms with Crippen LogP contribution in [0.3, 0.4) is 0 Å². The minimum absolute atomic E-state index is 0.225. The number of benzene rings is 1. The lowest BCUT2D eigenvalue weighted by Gasteiger charge is -2.14. The molecule has 0 aliphatic rings. The summed E-state index contributed by atoms with van der Waals surface area (Å²) in [5.74, 6) is 0.178. The summed E-state index contributed by atoms with van der Waals surface area (Å²) in [5, 5.41) is 12.4. The van der Waals surface area contributed by atoms with E-state index in [1.54, 1.807) is 18.2 Å². The maximum absolute atomic E-state index is 11.8. The third-order valence-corrected chi connectivity index (χ3v) is 3.22. The number of nitrogens with one attached hydrogen (secondary N) is 1. The number of halogens is 1. The van der Waals surface area contributed by atoms with Crippen LogP contribution in [0.2, 0.25) is 0 Å². The first-order valence-corrected chi connectivity index (χ1v) is 6.70. The third kappa shape index (κ3) is 4.66. The molecule has 1 aromatic carbocycles. The molecule has 0 bridgehead atoms. The van der Waals surface area contributed by atoms with Crippen LogP contribution < -0.4 is 11.1 Å². The highest BCUT2D eigenvalue weighted by Gasteiger charge is 2.11. The van der Waals surface area contributed by atoms with Crippen LogP contribution in [0.1, 0.15) is 30.6 Å². The Morgan fingerprint density at radius 1 is 1.50 bits per heavy atom. The SMILES string of the molecule is CC(C)CC(O)CNC(=O)c1ccc(Br)c(N)c1. The Morgan fingerprint density at radius 3 is 2.72 bits per heavy atom. The van der Waals surface area contributed by atoms with E-state index in [-0.39, 0.29) is 12.5 Å². The predicted molar refractivity (Wildman–Crippen MR) is 76.3 cm³/mol. The Hall–Kier alpha value is -1.07. The first-order valence-electron chi connectivity index (χ1n) is 5.91. The molecule has 0 spiro atoms. The van der Waals surface area contributed by atoms with Crippen LogP contribution in [-0.2, 0) is 0 Å². The number of hydrogen-bond donors (Lipinski definition) is 3. The van der Waals surface area contributed by atoms with E-state index in [0.717, 1.165) is 4.47 Å². The molecule has 4 nitrogen and oxygen atoms in total. The number of rotatable bonds is 5. The molecule has 0 aliphatic heterocycles. The quantitative estimate of drug-likeness (QED) is 0.729. The Balaban J connectivity index is 2.52. The number of hydrogen-bond acceptors (Lipinski definition) is 3. The molecule has 0 saturated carbocycles. The molecule has 0 aliphatic carbocycles. The van der Waals surface area contributed by atoms with E-state index in [0.29, 0.717) is 23.6 Å². The van der Waals surface area contributed by atoms with Crippen LogP contribution in [0.25, 0.3) is 0 Å². The van der Waals surface area contributed by atoms with Crippen LogP contribution in [0, 0.1) is 5.92 Å². The predicted octanol–water partition coefficient (Wildman–Crippen LogP) is 2.17. The standard InChI is InChI=1S/C13H19BrN2O2/c1-8(2)5-10(17)7-16-13(18)9-3-4-11(14)12(15)6-9/h3-4,6,8,10,17H,5,7,15H2,1-2H3,(H,16,18). The van der Waals surface area contributed by atoms with Crippen LogP contribution in [0.15, 0.2) is 22.7 Å². The number of aliphatic hydroxyl groups is 1. The second-order valence-corrected chi connectivity index (χ2v) is 5.58. The average Bonchev–Trinajstić information content (AvgIpc) is 2.28. The Labute approximate surface area is 116 Å². The van der Waals surface area contributed by atoms with Crippen molar-refractivity contribution in [1.29, 1.82) is 0 Å². The van der Waals surface area contributed by atoms with Crippen molar-refractivity contribution in [3.63, 3.8) is 0 Å². The van der Waals surface area contributed by atoms with Gasteiger partial charge in [-0.1, -0.05) is 13.8 Å². The molecule has 18 heavy (non-hydrogen) atoms. The van der Waals surface area contributed by atoms with Gasteiger partial charge in [0.2, 0.25) is 0 Å². The first-order chi connectivity index (χ1) is 8.40. The van der Waals surface area contributed by atoms with Gasteiger partial charge in [-0.2, -0.15) is 0 Å². The number of nitrogens with two attached hydrogens (primary N) is 1. The van der Waals surface area contributed by atoms with Gasteiger partial charge in [0.1, 0.15) is 0 Å². The molecule has 1 atom stereocenters. The van der Waals surface area contributed by atoms with E-state index < -0.39 is 6.10 Å². The summed E-state index contributed by atoms with van der Waals surface area (Å²) in [6, 6.07) is 5.02. The number of carbonyl (C=O) groups is 1. The van der Waals surface area contributed by atoms with Crippen LogP contribution in [0.5, 0.6) is 0 Å². The molecule has 1 rings (SSSR count). The van der Waals surface area contributed by atoms with E-state index in [4.69, 9.17) is 5.73 Å². The minimum Gasteiger partial charge on any atom is -0.398 e. The van der Waals surface area contributed by atoms with Crippen molar-refractivity contribution in [2.24, 2.45) is 5.92 Å². The summed E-state index contributed by atoms with van der Waals surface area (Å²) < 4.78 is 0.763. The van der Waals surface area contributed by atoms with E-state index in [1.165, 1.54) is 0 Å². The largest absolute Gasteiger partial charge is 0.398 e. The molecule has 1 aromatic rings. The summed E-state index contributed by atoms with van der Waals surface area (Å²) in [6.07, 6.45) is 0.157. The van der Waals surface area contributed by atoms with Gasteiger partial charge in [0.15, 0.2) is 0 Å². The van der Waals surface area contributed by atoms with Gasteiger partial charge in [0.05, 0.1) is 6.10 Å². The number of nitrogen functional groups attached to an aromatic ring is 1. The smallest absolute Gasteiger partial charge is 0.251 e. The van der Waals surface area contributed by atoms with Crippen molar-refractivity contribution in [2.75, 3.05) is 12.3 Å². The summed E-state index contributed by atoms with van der Waals surface area (Å²) in [7, 11) is 0. The topological polar surface area (TPSA) is 75.3 Å². The lowest BCUT2D eigenvalue weighted by atomic mass is 10.1. The Bertz CT molecular complexity index is 421. The fourth-order valence-corrected chi connectivity index (χ4v) is 1.87. The van der Waals surface area contributed by atoms with Gasteiger partial charge in [-0.15, -0.1) is 0 Å². The van der Waals surface area contributed by atoms with Gasteiger partial charge < -0.3 is 16.2 Å². The third-order valence-electron chi connectivity index (χ3n) is 2.50. The second-order valence-electron chi connectivity index (χ2n) is 4.73. The monoisotopic (exact) mass is 314 g/mol. The highest BCUT2D eigenvalue weighted by molar-refractivity contribution is 9.10. The van der Waals surface area contributed by atoms with Crippen molar-refractivity contribution in [3.05, 3.63) is 28.2 Å². The van der Waals surface area contributed by atoms with Gasteiger partial charge in [0, 0.05) is 22.3 Å². The summed E-state index contributed by atoms with van der Waals surface area (Å²) in [5.41, 5.74) is 6.72. The number of anilines is 1. The van der Waals surface area contributed by atoms with Gasteiger partial charge in [-0.05, 0) is 46.5 Å². The molecule has 1 unspecified atom stereocenters. The molecule has 0 fully saturated rings. The van der Waals surface area contributed by atoms with Crippen molar-refractivity contribution in [3.8, 4) is 0 Å². The summed E-state index contributed by atoms with van der Waals surface area (Å²) in [4.78, 5) is 11.8. The molecule has 1 amide bonds. The van der Waals surface area contributed by atoms with Crippen molar-refractivity contribution < 1.29 is 9.90 Å². The zero-order valence-corrected chi connectivity index (χ0v) is 12.2. The maximum atomic E-state index is 11.8. The molecule has 0 aromatic heterocycles. The zero-order valence-electron chi connectivity index (χ0n) is 10.6. The fourth-order valence-electron chi connectivity index (χ4n) is 1.63. The summed E-state index contributed by atoms with van der Waals surface area (Å²) >= 11 is 3.27. The molecular weight excluding hydrogens is 296 g/mol. The highest BCUT2D eigenvalue weighted by atomic mass is 79.9. The average molecular weight is 315 g/mol. The van der Waals surface area contributed by atoms with Crippen LogP contribution in [0.4, 0.5) is 5.69 Å². The lowest BCUT2D eigenvalue weighted by molar-refractivity contribution is 0.0900. The Kier molecular flexibility index (Phi) is 5.62. The van der Waals surface area contributed by atoms with Crippen molar-refractivity contribution in [1.82, 2.24) is 5.32 Å². The van der Waals surface area contributed by atoms with Gasteiger partial charge in [-0.25, -0.2) is 0 Å². The minimum atomic E-state index is -0.512. The zero-order chi connectivity index (χ0) is 13.7. The summed E-state index contributed by atoms with van der Waals surface area (Å²) in [6.45, 7) is 4.31. The highest BCUT2D eigenvalue weighted by Crippen LogP contribution is 2.20. The van der Waals surface area contributed by atoms with Gasteiger partial charge in [-0.3, -0.25) is 4.79 Å². The Morgan fingerprint density at radius 2 is 2.17 bits per heavy atom. The fraction of sp³-hybridized carbons (Fsp3) is 0.462. The maximum Gasteiger partial charge on any atom is 0.251 e. The second kappa shape index (κ2) is 6.75. The van der Waals surface area contributed by atoms with Crippen molar-refractivity contribution >= 4 is 27.5 Å². The van der Waals surface area contributed by atoms with E-state index in [2.05, 4.69) is 21.2 Å². The molecule has 100 valence electrons.